The van der Waals surface area contributed by atoms with Crippen molar-refractivity contribution in [3.63, 3.8) is 0 Å². The number of hydrogen-bond acceptors (Lipinski definition) is 13. The van der Waals surface area contributed by atoms with Crippen molar-refractivity contribution in [1.82, 2.24) is 0 Å². The van der Waals surface area contributed by atoms with Crippen molar-refractivity contribution in [1.29, 1.82) is 5.26 Å². The molecule has 7 rings (SSSR count). The molecule has 2 unspecified atom stereocenters. The summed E-state index contributed by atoms with van der Waals surface area (Å²) < 4.78 is 62.3. The Bertz CT molecular complexity index is 1280. The molecule has 7 fully saturated rings. The van der Waals surface area contributed by atoms with Crippen LogP contribution in [0.3, 0.4) is 0 Å². The summed E-state index contributed by atoms with van der Waals surface area (Å²) in [7, 11) is 3.16. The first-order valence-corrected chi connectivity index (χ1v) is 18.1. The van der Waals surface area contributed by atoms with Crippen LogP contribution in [0.5, 0.6) is 0 Å². The lowest BCUT2D eigenvalue weighted by Crippen LogP contribution is -2.78. The third kappa shape index (κ3) is 5.55. The lowest BCUT2D eigenvalue weighted by atomic mass is 9.40. The average Bonchev–Trinajstić information content (AvgIpc) is 3.49. The molecule has 13 nitrogen and oxygen atoms in total. The Balaban J connectivity index is 1.22. The molecule has 13 heteroatoms. The number of ether oxygens (including phenoxy) is 10. The zero-order valence-electron chi connectivity index (χ0n) is 30.3. The van der Waals surface area contributed by atoms with E-state index in [0.717, 1.165) is 0 Å². The van der Waals surface area contributed by atoms with Gasteiger partial charge in [0.15, 0.2) is 17.9 Å². The predicted octanol–water partition coefficient (Wildman–Crippen LogP) is 3.38. The largest absolute Gasteiger partial charge is 0.389 e. The lowest BCUT2D eigenvalue weighted by molar-refractivity contribution is -0.410. The third-order valence-electron chi connectivity index (χ3n) is 13.5. The average molecular weight is 696 g/mol. The highest BCUT2D eigenvalue weighted by Gasteiger charge is 2.77. The molecule has 2 N–H and O–H groups in total. The number of methoxy groups -OCH3 is 2. The SMILES string of the molecule is COCO[C@@H]1[C@H]2OC(C)(C)O[C@H]2[C@H](O[C@H]2C[C@H]3OC(C)(C)OC[C@]34C3C(CC[C@]4(O)C2)[C@@]2(O)CC[C@H](C#N)[C@@]2(C)C[C@H]3OCOC)O[C@H]1C. The van der Waals surface area contributed by atoms with E-state index in [0.29, 0.717) is 44.9 Å². The summed E-state index contributed by atoms with van der Waals surface area (Å²) in [5.41, 5.74) is -3.95. The molecule has 0 aromatic rings. The number of hydrogen-bond donors (Lipinski definition) is 2. The van der Waals surface area contributed by atoms with Crippen molar-refractivity contribution in [3.8, 4) is 6.07 Å². The topological polar surface area (TPSA) is 157 Å². The zero-order valence-corrected chi connectivity index (χ0v) is 30.3. The van der Waals surface area contributed by atoms with E-state index >= 15 is 0 Å². The van der Waals surface area contributed by atoms with Crippen molar-refractivity contribution < 1.29 is 57.6 Å². The van der Waals surface area contributed by atoms with Gasteiger partial charge in [0.1, 0.15) is 31.9 Å². The molecule has 3 saturated heterocycles. The second-order valence-corrected chi connectivity index (χ2v) is 16.9. The van der Waals surface area contributed by atoms with Crippen LogP contribution in [-0.4, -0.2) is 116 Å². The van der Waals surface area contributed by atoms with Crippen LogP contribution >= 0.6 is 0 Å². The minimum absolute atomic E-state index is 0.0605. The summed E-state index contributed by atoms with van der Waals surface area (Å²) in [6.07, 6.45) is -0.538. The van der Waals surface area contributed by atoms with Crippen molar-refractivity contribution in [3.05, 3.63) is 0 Å². The maximum absolute atomic E-state index is 13.1. The molecule has 4 aliphatic carbocycles. The van der Waals surface area contributed by atoms with E-state index in [1.165, 1.54) is 0 Å². The van der Waals surface area contributed by atoms with Gasteiger partial charge in [0.2, 0.25) is 0 Å². The number of aliphatic hydroxyl groups is 2. The van der Waals surface area contributed by atoms with Gasteiger partial charge in [-0.05, 0) is 72.6 Å². The fourth-order valence-corrected chi connectivity index (χ4v) is 11.4. The molecular weight excluding hydrogens is 638 g/mol. The molecule has 0 amide bonds. The molecule has 3 heterocycles. The summed E-state index contributed by atoms with van der Waals surface area (Å²) in [6, 6.07) is 2.50. The van der Waals surface area contributed by atoms with Gasteiger partial charge in [0.05, 0.1) is 59.6 Å². The summed E-state index contributed by atoms with van der Waals surface area (Å²) in [5, 5.41) is 35.9. The molecule has 15 atom stereocenters. The Morgan fingerprint density at radius 2 is 1.59 bits per heavy atom. The Hall–Kier alpha value is -0.990. The molecule has 49 heavy (non-hydrogen) atoms. The zero-order chi connectivity index (χ0) is 35.2. The summed E-state index contributed by atoms with van der Waals surface area (Å²) in [5.74, 6) is -2.63. The molecule has 278 valence electrons. The van der Waals surface area contributed by atoms with E-state index in [9.17, 15) is 15.5 Å². The van der Waals surface area contributed by atoms with Crippen LogP contribution in [0.15, 0.2) is 0 Å². The van der Waals surface area contributed by atoms with Gasteiger partial charge in [-0.25, -0.2) is 0 Å². The molecule has 0 aromatic heterocycles. The summed E-state index contributed by atoms with van der Waals surface area (Å²) >= 11 is 0. The highest BCUT2D eigenvalue weighted by Crippen LogP contribution is 2.71. The van der Waals surface area contributed by atoms with Crippen LogP contribution in [0.4, 0.5) is 0 Å². The third-order valence-corrected chi connectivity index (χ3v) is 13.5. The Morgan fingerprint density at radius 1 is 0.878 bits per heavy atom. The molecule has 1 spiro atoms. The van der Waals surface area contributed by atoms with Gasteiger partial charge in [0.25, 0.3) is 0 Å². The van der Waals surface area contributed by atoms with Crippen LogP contribution in [0.2, 0.25) is 0 Å². The van der Waals surface area contributed by atoms with Crippen LogP contribution in [0, 0.1) is 39.9 Å². The van der Waals surface area contributed by atoms with E-state index in [4.69, 9.17) is 47.4 Å². The molecule has 0 aromatic carbocycles. The van der Waals surface area contributed by atoms with E-state index in [2.05, 4.69) is 6.07 Å². The fraction of sp³-hybridized carbons (Fsp3) is 0.972. The Kier molecular flexibility index (Phi) is 9.32. The molecule has 7 aliphatic rings. The number of fused-ring (bicyclic) bond motifs is 4. The summed E-state index contributed by atoms with van der Waals surface area (Å²) in [4.78, 5) is 0. The maximum Gasteiger partial charge on any atom is 0.187 e. The van der Waals surface area contributed by atoms with E-state index < -0.39 is 76.5 Å². The second kappa shape index (κ2) is 12.6. The van der Waals surface area contributed by atoms with Gasteiger partial charge >= 0.3 is 0 Å². The molecule has 0 bridgehead atoms. The van der Waals surface area contributed by atoms with Crippen LogP contribution < -0.4 is 0 Å². The van der Waals surface area contributed by atoms with Gasteiger partial charge in [-0.15, -0.1) is 0 Å². The first kappa shape index (κ1) is 36.4. The van der Waals surface area contributed by atoms with Gasteiger partial charge in [-0.2, -0.15) is 5.26 Å². The van der Waals surface area contributed by atoms with Crippen molar-refractivity contribution in [2.45, 2.75) is 158 Å². The van der Waals surface area contributed by atoms with Crippen LogP contribution in [0.1, 0.15) is 86.5 Å². The Labute approximate surface area is 290 Å². The Morgan fingerprint density at radius 3 is 2.31 bits per heavy atom. The molecule has 0 radical (unpaired) electrons. The predicted molar refractivity (Wildman–Crippen MR) is 170 cm³/mol. The highest BCUT2D eigenvalue weighted by atomic mass is 16.8. The quantitative estimate of drug-likeness (QED) is 0.282. The van der Waals surface area contributed by atoms with Crippen LogP contribution in [-0.2, 0) is 47.4 Å². The van der Waals surface area contributed by atoms with Crippen LogP contribution in [0.25, 0.3) is 0 Å². The minimum Gasteiger partial charge on any atom is -0.389 e. The van der Waals surface area contributed by atoms with Gasteiger partial charge in [-0.1, -0.05) is 6.92 Å². The first-order valence-electron chi connectivity index (χ1n) is 18.1. The van der Waals surface area contributed by atoms with E-state index in [-0.39, 0.29) is 44.1 Å². The number of nitriles is 1. The monoisotopic (exact) mass is 695 g/mol. The van der Waals surface area contributed by atoms with E-state index in [1.807, 2.05) is 41.5 Å². The highest BCUT2D eigenvalue weighted by molar-refractivity contribution is 5.26. The van der Waals surface area contributed by atoms with Crippen molar-refractivity contribution >= 4 is 0 Å². The molecule has 3 aliphatic heterocycles. The molecule has 4 saturated carbocycles. The smallest absolute Gasteiger partial charge is 0.187 e. The lowest BCUT2D eigenvalue weighted by Gasteiger charge is -2.71. The second-order valence-electron chi connectivity index (χ2n) is 16.9. The van der Waals surface area contributed by atoms with Gasteiger partial charge < -0.3 is 57.6 Å². The minimum atomic E-state index is -1.28. The summed E-state index contributed by atoms with van der Waals surface area (Å²) in [6.45, 7) is 11.9. The number of nitrogens with zero attached hydrogens (tertiary/aromatic N) is 1. The first-order chi connectivity index (χ1) is 23.1. The number of rotatable bonds is 8. The van der Waals surface area contributed by atoms with Gasteiger partial charge in [-0.3, -0.25) is 0 Å². The normalized spacial score (nSPS) is 52.6. The standard InChI is InChI=1S/C36H57NO12/c1-20-27(43-19-41-8)28-29(49-32(4,5)48-28)30(45-20)46-22-13-25-35(17-44-31(2,3)47-25)26-23(10-11-34(35,38)14-22)36(39)12-9-21(16-37)33(36,6)15-24(26)42-18-40-7/h20-30,38-39H,9-15,17-19H2,1-8H3/t20-,21+,22-,23?,24+,25+,26?,27-,28+,29+,30-,33+,34-,35+,36-/m0/s1. The maximum atomic E-state index is 13.1. The van der Waals surface area contributed by atoms with Crippen molar-refractivity contribution in [2.24, 2.45) is 28.6 Å². The van der Waals surface area contributed by atoms with Gasteiger partial charge in [0, 0.05) is 38.4 Å². The van der Waals surface area contributed by atoms with E-state index in [1.54, 1.807) is 14.2 Å². The molecular formula is C36H57NO12. The van der Waals surface area contributed by atoms with Crippen molar-refractivity contribution in [2.75, 3.05) is 34.4 Å². The fourth-order valence-electron chi connectivity index (χ4n) is 11.4.